The molecular weight excluding hydrogens is 528 g/mol. The second kappa shape index (κ2) is 20.5. The Kier molecular flexibility index (Phi) is 16.7. The van der Waals surface area contributed by atoms with Crippen molar-refractivity contribution < 1.29 is 15.3 Å². The van der Waals surface area contributed by atoms with Gasteiger partial charge < -0.3 is 15.3 Å². The van der Waals surface area contributed by atoms with Gasteiger partial charge in [0, 0.05) is 0 Å². The molecule has 0 bridgehead atoms. The molecular formula is C40H58O3. The van der Waals surface area contributed by atoms with E-state index >= 15 is 0 Å². The Balaban J connectivity index is 1.45. The zero-order valence-corrected chi connectivity index (χ0v) is 26.8. The van der Waals surface area contributed by atoms with Crippen LogP contribution in [0.15, 0.2) is 91.0 Å². The summed E-state index contributed by atoms with van der Waals surface area (Å²) < 4.78 is 0. The molecule has 3 aromatic rings. The molecule has 0 aliphatic rings. The topological polar surface area (TPSA) is 60.7 Å². The van der Waals surface area contributed by atoms with Crippen molar-refractivity contribution in [3.63, 3.8) is 0 Å². The normalized spacial score (nSPS) is 14.0. The molecule has 3 aromatic carbocycles. The molecule has 3 unspecified atom stereocenters. The largest absolute Gasteiger partial charge is 0.390 e. The van der Waals surface area contributed by atoms with Crippen molar-refractivity contribution >= 4 is 0 Å². The molecule has 43 heavy (non-hydrogen) atoms. The Hall–Kier alpha value is -2.46. The Morgan fingerprint density at radius 3 is 1.07 bits per heavy atom. The minimum Gasteiger partial charge on any atom is -0.390 e. The molecule has 0 saturated carbocycles. The highest BCUT2D eigenvalue weighted by Gasteiger charge is 2.47. The van der Waals surface area contributed by atoms with Gasteiger partial charge in [-0.15, -0.1) is 0 Å². The smallest absolute Gasteiger partial charge is 0.107 e. The summed E-state index contributed by atoms with van der Waals surface area (Å²) in [6.45, 7) is 2.28. The molecule has 0 aliphatic carbocycles. The summed E-state index contributed by atoms with van der Waals surface area (Å²) in [5.74, 6) is 0. The summed E-state index contributed by atoms with van der Waals surface area (Å²) in [6, 6.07) is 29.6. The molecule has 0 heterocycles. The van der Waals surface area contributed by atoms with Crippen LogP contribution in [0.1, 0.15) is 133 Å². The highest BCUT2D eigenvalue weighted by molar-refractivity contribution is 5.52. The van der Waals surface area contributed by atoms with E-state index in [1.807, 2.05) is 91.0 Å². The van der Waals surface area contributed by atoms with Crippen LogP contribution in [0.5, 0.6) is 0 Å². The summed E-state index contributed by atoms with van der Waals surface area (Å²) >= 11 is 0. The quantitative estimate of drug-likeness (QED) is 0.0765. The van der Waals surface area contributed by atoms with E-state index in [9.17, 15) is 15.3 Å². The Morgan fingerprint density at radius 2 is 0.744 bits per heavy atom. The molecule has 0 amide bonds. The van der Waals surface area contributed by atoms with Gasteiger partial charge in [0.05, 0.1) is 11.5 Å². The van der Waals surface area contributed by atoms with Gasteiger partial charge in [-0.2, -0.15) is 0 Å². The van der Waals surface area contributed by atoms with Gasteiger partial charge in [-0.3, -0.25) is 0 Å². The number of aliphatic hydroxyl groups is 3. The van der Waals surface area contributed by atoms with E-state index in [0.717, 1.165) is 36.0 Å². The lowest BCUT2D eigenvalue weighted by atomic mass is 9.64. The highest BCUT2D eigenvalue weighted by atomic mass is 16.4. The second-order valence-corrected chi connectivity index (χ2v) is 12.5. The first-order valence-corrected chi connectivity index (χ1v) is 17.3. The molecule has 3 atom stereocenters. The molecule has 0 aromatic heterocycles. The average Bonchev–Trinajstić information content (AvgIpc) is 3.06. The fourth-order valence-electron chi connectivity index (χ4n) is 6.65. The zero-order chi connectivity index (χ0) is 30.6. The number of hydrogen-bond acceptors (Lipinski definition) is 3. The number of benzene rings is 3. The Bertz CT molecular complexity index is 972. The molecule has 0 saturated heterocycles. The maximum atomic E-state index is 12.0. The van der Waals surface area contributed by atoms with Gasteiger partial charge in [-0.25, -0.2) is 0 Å². The number of unbranched alkanes of at least 4 members (excludes halogenated alkanes) is 15. The molecule has 3 heteroatoms. The molecule has 0 spiro atoms. The first kappa shape index (κ1) is 35.0. The minimum absolute atomic E-state index is 0.477. The lowest BCUT2D eigenvalue weighted by Gasteiger charge is -2.43. The lowest BCUT2D eigenvalue weighted by Crippen LogP contribution is -2.52. The Morgan fingerprint density at radius 1 is 0.442 bits per heavy atom. The van der Waals surface area contributed by atoms with Gasteiger partial charge in [0.2, 0.25) is 0 Å². The predicted molar refractivity (Wildman–Crippen MR) is 181 cm³/mol. The third-order valence-corrected chi connectivity index (χ3v) is 9.20. The van der Waals surface area contributed by atoms with Crippen molar-refractivity contribution in [2.75, 3.05) is 0 Å². The van der Waals surface area contributed by atoms with Crippen LogP contribution in [0.25, 0.3) is 0 Å². The van der Waals surface area contributed by atoms with Crippen LogP contribution in [-0.2, 0) is 5.41 Å². The van der Waals surface area contributed by atoms with Gasteiger partial charge in [-0.05, 0) is 23.1 Å². The van der Waals surface area contributed by atoms with Gasteiger partial charge in [0.15, 0.2) is 0 Å². The van der Waals surface area contributed by atoms with Crippen molar-refractivity contribution in [2.45, 2.75) is 140 Å². The molecule has 3 rings (SSSR count). The second-order valence-electron chi connectivity index (χ2n) is 12.5. The lowest BCUT2D eigenvalue weighted by molar-refractivity contribution is -0.0793. The van der Waals surface area contributed by atoms with Crippen molar-refractivity contribution in [3.05, 3.63) is 108 Å². The van der Waals surface area contributed by atoms with Gasteiger partial charge in [-0.1, -0.05) is 201 Å². The molecule has 0 fully saturated rings. The van der Waals surface area contributed by atoms with Crippen molar-refractivity contribution in [2.24, 2.45) is 0 Å². The minimum atomic E-state index is -1.29. The van der Waals surface area contributed by atoms with E-state index < -0.39 is 23.7 Å². The van der Waals surface area contributed by atoms with Gasteiger partial charge in [0.25, 0.3) is 0 Å². The van der Waals surface area contributed by atoms with Gasteiger partial charge in [0.1, 0.15) is 12.2 Å². The summed E-state index contributed by atoms with van der Waals surface area (Å²) in [4.78, 5) is 0. The Labute approximate surface area is 262 Å². The standard InChI is InChI=1S/C40H58O3/c1-2-3-4-5-6-7-8-9-10-11-12-13-14-15-16-26-33-37(41)38(42)39(43)40(34-27-20-17-21-28-34,35-29-22-18-23-30-35)36-31-24-19-25-32-36/h17-25,27-32,37-39,41-43H,2-16,26,33H2,1H3. The van der Waals surface area contributed by atoms with E-state index in [-0.39, 0.29) is 0 Å². The predicted octanol–water partition coefficient (Wildman–Crippen LogP) is 9.76. The summed E-state index contributed by atoms with van der Waals surface area (Å²) in [7, 11) is 0. The number of rotatable bonds is 23. The zero-order valence-electron chi connectivity index (χ0n) is 26.8. The molecule has 0 aliphatic heterocycles. The number of aliphatic hydroxyl groups excluding tert-OH is 3. The maximum absolute atomic E-state index is 12.0. The van der Waals surface area contributed by atoms with E-state index in [2.05, 4.69) is 6.92 Å². The number of hydrogen-bond donors (Lipinski definition) is 3. The van der Waals surface area contributed by atoms with Crippen LogP contribution in [0.2, 0.25) is 0 Å². The van der Waals surface area contributed by atoms with Crippen LogP contribution in [-0.4, -0.2) is 33.6 Å². The monoisotopic (exact) mass is 586 g/mol. The fraction of sp³-hybridized carbons (Fsp3) is 0.550. The first-order valence-electron chi connectivity index (χ1n) is 17.3. The van der Waals surface area contributed by atoms with E-state index in [4.69, 9.17) is 0 Å². The van der Waals surface area contributed by atoms with Crippen molar-refractivity contribution in [1.82, 2.24) is 0 Å². The highest BCUT2D eigenvalue weighted by Crippen LogP contribution is 2.43. The van der Waals surface area contributed by atoms with Crippen LogP contribution in [0, 0.1) is 0 Å². The third-order valence-electron chi connectivity index (χ3n) is 9.20. The summed E-state index contributed by atoms with van der Waals surface area (Å²) in [6.07, 6.45) is 17.7. The van der Waals surface area contributed by atoms with Crippen LogP contribution >= 0.6 is 0 Å². The van der Waals surface area contributed by atoms with E-state index in [1.165, 1.54) is 83.5 Å². The molecule has 236 valence electrons. The third kappa shape index (κ3) is 10.9. The van der Waals surface area contributed by atoms with Crippen molar-refractivity contribution in [3.8, 4) is 0 Å². The van der Waals surface area contributed by atoms with Crippen LogP contribution < -0.4 is 0 Å². The SMILES string of the molecule is CCCCCCCCCCCCCCCCCCC(O)C(O)C(O)C(c1ccccc1)(c1ccccc1)c1ccccc1. The molecule has 0 radical (unpaired) electrons. The molecule has 3 nitrogen and oxygen atoms in total. The average molecular weight is 587 g/mol. The summed E-state index contributed by atoms with van der Waals surface area (Å²) in [5, 5.41) is 34.5. The van der Waals surface area contributed by atoms with Crippen LogP contribution in [0.3, 0.4) is 0 Å². The van der Waals surface area contributed by atoms with E-state index in [0.29, 0.717) is 6.42 Å². The van der Waals surface area contributed by atoms with Crippen molar-refractivity contribution in [1.29, 1.82) is 0 Å². The summed E-state index contributed by atoms with van der Waals surface area (Å²) in [5.41, 5.74) is 1.62. The van der Waals surface area contributed by atoms with Crippen LogP contribution in [0.4, 0.5) is 0 Å². The fourth-order valence-corrected chi connectivity index (χ4v) is 6.65. The molecule has 3 N–H and O–H groups in total. The van der Waals surface area contributed by atoms with Gasteiger partial charge >= 0.3 is 0 Å². The first-order chi connectivity index (χ1) is 21.1. The van der Waals surface area contributed by atoms with E-state index in [1.54, 1.807) is 0 Å². The maximum Gasteiger partial charge on any atom is 0.107 e.